The zero-order valence-corrected chi connectivity index (χ0v) is 11.8. The van der Waals surface area contributed by atoms with Crippen LogP contribution in [0.3, 0.4) is 0 Å². The average Bonchev–Trinajstić information content (AvgIpc) is 3.17. The van der Waals surface area contributed by atoms with Gasteiger partial charge in [-0.05, 0) is 47.5 Å². The summed E-state index contributed by atoms with van der Waals surface area (Å²) in [6, 6.07) is 5.47. The van der Waals surface area contributed by atoms with Crippen LogP contribution >= 0.6 is 0 Å². The van der Waals surface area contributed by atoms with Crippen molar-refractivity contribution in [3.8, 4) is 5.69 Å². The van der Waals surface area contributed by atoms with Crippen molar-refractivity contribution >= 4 is 5.91 Å². The average molecular weight is 287 g/mol. The minimum atomic E-state index is -0.0618. The molecule has 1 atom stereocenters. The lowest BCUT2D eigenvalue weighted by molar-refractivity contribution is 0.0945. The maximum Gasteiger partial charge on any atom is 0.251 e. The largest absolute Gasteiger partial charge is 0.381 e. The topological polar surface area (TPSA) is 81.9 Å². The van der Waals surface area contributed by atoms with E-state index in [2.05, 4.69) is 20.8 Å². The summed E-state index contributed by atoms with van der Waals surface area (Å²) in [5.74, 6) is 0.365. The van der Waals surface area contributed by atoms with Gasteiger partial charge in [0.1, 0.15) is 6.33 Å². The molecule has 0 bridgehead atoms. The van der Waals surface area contributed by atoms with Gasteiger partial charge in [0.15, 0.2) is 0 Å². The fourth-order valence-electron chi connectivity index (χ4n) is 2.41. The molecule has 0 radical (unpaired) electrons. The van der Waals surface area contributed by atoms with Gasteiger partial charge in [0.25, 0.3) is 5.91 Å². The van der Waals surface area contributed by atoms with Crippen LogP contribution in [0.1, 0.15) is 22.3 Å². The summed E-state index contributed by atoms with van der Waals surface area (Å²) in [4.78, 5) is 12.2. The van der Waals surface area contributed by atoms with Crippen LogP contribution in [-0.2, 0) is 4.74 Å². The Kier molecular flexibility index (Phi) is 3.92. The molecule has 2 aromatic rings. The van der Waals surface area contributed by atoms with Crippen molar-refractivity contribution in [3.05, 3.63) is 35.7 Å². The highest BCUT2D eigenvalue weighted by Crippen LogP contribution is 2.15. The van der Waals surface area contributed by atoms with Crippen molar-refractivity contribution in [3.63, 3.8) is 0 Å². The molecule has 110 valence electrons. The third-order valence-electron chi connectivity index (χ3n) is 3.63. The molecule has 0 aliphatic carbocycles. The second-order valence-electron chi connectivity index (χ2n) is 5.20. The Morgan fingerprint density at radius 1 is 1.52 bits per heavy atom. The van der Waals surface area contributed by atoms with E-state index >= 15 is 0 Å². The Morgan fingerprint density at radius 2 is 2.43 bits per heavy atom. The number of hydrogen-bond acceptors (Lipinski definition) is 5. The van der Waals surface area contributed by atoms with Crippen LogP contribution < -0.4 is 5.32 Å². The molecule has 21 heavy (non-hydrogen) atoms. The number of aromatic nitrogens is 4. The predicted molar refractivity (Wildman–Crippen MR) is 75.2 cm³/mol. The van der Waals surface area contributed by atoms with Gasteiger partial charge in [-0.25, -0.2) is 4.68 Å². The maximum atomic E-state index is 12.2. The molecule has 1 aromatic heterocycles. The van der Waals surface area contributed by atoms with E-state index in [9.17, 15) is 4.79 Å². The summed E-state index contributed by atoms with van der Waals surface area (Å²) in [7, 11) is 0. The minimum Gasteiger partial charge on any atom is -0.381 e. The second-order valence-corrected chi connectivity index (χ2v) is 5.20. The maximum absolute atomic E-state index is 12.2. The normalized spacial score (nSPS) is 17.9. The Balaban J connectivity index is 1.68. The number of aryl methyl sites for hydroxylation is 1. The molecular formula is C14H17N5O2. The first-order chi connectivity index (χ1) is 10.2. The van der Waals surface area contributed by atoms with Crippen LogP contribution in [0.4, 0.5) is 0 Å². The first-order valence-electron chi connectivity index (χ1n) is 6.94. The molecule has 0 spiro atoms. The molecule has 1 aliphatic heterocycles. The van der Waals surface area contributed by atoms with E-state index < -0.39 is 0 Å². The fourth-order valence-corrected chi connectivity index (χ4v) is 2.41. The van der Waals surface area contributed by atoms with Crippen LogP contribution in [0.15, 0.2) is 24.5 Å². The molecule has 7 heteroatoms. The molecule has 2 heterocycles. The molecular weight excluding hydrogens is 270 g/mol. The van der Waals surface area contributed by atoms with Gasteiger partial charge in [0, 0.05) is 24.6 Å². The van der Waals surface area contributed by atoms with E-state index in [0.717, 1.165) is 30.9 Å². The summed E-state index contributed by atoms with van der Waals surface area (Å²) >= 11 is 0. The molecule has 1 aliphatic rings. The Labute approximate surface area is 122 Å². The van der Waals surface area contributed by atoms with Gasteiger partial charge in [0.05, 0.1) is 12.3 Å². The lowest BCUT2D eigenvalue weighted by Gasteiger charge is -2.11. The van der Waals surface area contributed by atoms with Gasteiger partial charge in [-0.15, -0.1) is 5.10 Å². The van der Waals surface area contributed by atoms with Crippen LogP contribution in [0.25, 0.3) is 5.69 Å². The third kappa shape index (κ3) is 3.08. The van der Waals surface area contributed by atoms with Crippen molar-refractivity contribution in [1.82, 2.24) is 25.5 Å². The number of carbonyl (C=O) groups excluding carboxylic acids is 1. The SMILES string of the molecule is Cc1cc(C(=O)NC[C@@H]2CCOC2)ccc1-n1cnnn1. The number of carbonyl (C=O) groups is 1. The van der Waals surface area contributed by atoms with Crippen molar-refractivity contribution < 1.29 is 9.53 Å². The number of ether oxygens (including phenoxy) is 1. The van der Waals surface area contributed by atoms with Crippen molar-refractivity contribution in [2.75, 3.05) is 19.8 Å². The summed E-state index contributed by atoms with van der Waals surface area (Å²) in [5, 5.41) is 14.0. The summed E-state index contributed by atoms with van der Waals surface area (Å²) in [5.41, 5.74) is 2.45. The molecule has 1 saturated heterocycles. The van der Waals surface area contributed by atoms with E-state index in [1.165, 1.54) is 6.33 Å². The summed E-state index contributed by atoms with van der Waals surface area (Å²) < 4.78 is 6.87. The minimum absolute atomic E-state index is 0.0618. The number of nitrogens with zero attached hydrogens (tertiary/aromatic N) is 4. The highest BCUT2D eigenvalue weighted by Gasteiger charge is 2.17. The van der Waals surface area contributed by atoms with E-state index in [4.69, 9.17) is 4.74 Å². The zero-order chi connectivity index (χ0) is 14.7. The molecule has 0 unspecified atom stereocenters. The van der Waals surface area contributed by atoms with Crippen LogP contribution in [-0.4, -0.2) is 45.9 Å². The molecule has 1 amide bonds. The van der Waals surface area contributed by atoms with Gasteiger partial charge in [-0.1, -0.05) is 0 Å². The molecule has 0 saturated carbocycles. The van der Waals surface area contributed by atoms with Crippen molar-refractivity contribution in [2.45, 2.75) is 13.3 Å². The molecule has 1 fully saturated rings. The second kappa shape index (κ2) is 6.01. The molecule has 3 rings (SSSR count). The Bertz CT molecular complexity index is 620. The smallest absolute Gasteiger partial charge is 0.251 e. The van der Waals surface area contributed by atoms with Crippen molar-refractivity contribution in [2.24, 2.45) is 5.92 Å². The molecule has 1 aromatic carbocycles. The summed E-state index contributed by atoms with van der Waals surface area (Å²) in [6.45, 7) is 4.11. The molecule has 1 N–H and O–H groups in total. The van der Waals surface area contributed by atoms with Gasteiger partial charge < -0.3 is 10.1 Å². The highest BCUT2D eigenvalue weighted by molar-refractivity contribution is 5.94. The number of amides is 1. The van der Waals surface area contributed by atoms with Gasteiger partial charge >= 0.3 is 0 Å². The van der Waals surface area contributed by atoms with Crippen LogP contribution in [0.2, 0.25) is 0 Å². The van der Waals surface area contributed by atoms with E-state index in [1.807, 2.05) is 19.1 Å². The van der Waals surface area contributed by atoms with Gasteiger partial charge in [0.2, 0.25) is 0 Å². The van der Waals surface area contributed by atoms with E-state index in [-0.39, 0.29) is 5.91 Å². The van der Waals surface area contributed by atoms with E-state index in [0.29, 0.717) is 18.0 Å². The van der Waals surface area contributed by atoms with Crippen molar-refractivity contribution in [1.29, 1.82) is 0 Å². The fraction of sp³-hybridized carbons (Fsp3) is 0.429. The zero-order valence-electron chi connectivity index (χ0n) is 11.8. The van der Waals surface area contributed by atoms with Crippen LogP contribution in [0.5, 0.6) is 0 Å². The Morgan fingerprint density at radius 3 is 3.10 bits per heavy atom. The van der Waals surface area contributed by atoms with E-state index in [1.54, 1.807) is 10.7 Å². The first-order valence-corrected chi connectivity index (χ1v) is 6.94. The predicted octanol–water partition coefficient (Wildman–Crippen LogP) is 0.737. The third-order valence-corrected chi connectivity index (χ3v) is 3.63. The lowest BCUT2D eigenvalue weighted by atomic mass is 10.1. The number of nitrogens with one attached hydrogen (secondary N) is 1. The van der Waals surface area contributed by atoms with Crippen LogP contribution in [0, 0.1) is 12.8 Å². The quantitative estimate of drug-likeness (QED) is 0.896. The number of rotatable bonds is 4. The first kappa shape index (κ1) is 13.7. The molecule has 7 nitrogen and oxygen atoms in total. The lowest BCUT2D eigenvalue weighted by Crippen LogP contribution is -2.29. The standard InChI is InChI=1S/C14H17N5O2/c1-10-6-12(2-3-13(10)19-9-16-17-18-19)14(20)15-7-11-4-5-21-8-11/h2-3,6,9,11H,4-5,7-8H2,1H3,(H,15,20)/t11-/m0/s1. The number of benzene rings is 1. The Hall–Kier alpha value is -2.28. The van der Waals surface area contributed by atoms with Gasteiger partial charge in [-0.2, -0.15) is 0 Å². The van der Waals surface area contributed by atoms with Gasteiger partial charge in [-0.3, -0.25) is 4.79 Å². The monoisotopic (exact) mass is 287 g/mol. The summed E-state index contributed by atoms with van der Waals surface area (Å²) in [6.07, 6.45) is 2.54. The highest BCUT2D eigenvalue weighted by atomic mass is 16.5. The number of hydrogen-bond donors (Lipinski definition) is 1. The number of tetrazole rings is 1.